The average Bonchev–Trinajstić information content (AvgIpc) is 2.93. The number of hydrogen-bond donors (Lipinski definition) is 1. The number of fused-ring (bicyclic) bond motifs is 2. The number of carbonyl (C=O) groups is 2. The van der Waals surface area contributed by atoms with Gasteiger partial charge < -0.3 is 15.0 Å². The summed E-state index contributed by atoms with van der Waals surface area (Å²) in [4.78, 5) is 27.4. The Morgan fingerprint density at radius 2 is 2.22 bits per heavy atom. The van der Waals surface area contributed by atoms with Gasteiger partial charge in [-0.25, -0.2) is 0 Å². The summed E-state index contributed by atoms with van der Waals surface area (Å²) in [5.41, 5.74) is 0. The summed E-state index contributed by atoms with van der Waals surface area (Å²) in [6.07, 6.45) is 0.470. The number of hydrogen-bond acceptors (Lipinski definition) is 4. The zero-order chi connectivity index (χ0) is 15.8. The first-order chi connectivity index (χ1) is 11.2. The first kappa shape index (κ1) is 14.7. The normalized spacial score (nSPS) is 24.9. The molecule has 0 spiro atoms. The van der Waals surface area contributed by atoms with Crippen molar-refractivity contribution in [3.63, 3.8) is 0 Å². The van der Waals surface area contributed by atoms with E-state index in [1.165, 1.54) is 11.3 Å². The molecule has 2 amide bonds. The predicted molar refractivity (Wildman–Crippen MR) is 88.6 cm³/mol. The van der Waals surface area contributed by atoms with Crippen molar-refractivity contribution in [3.05, 3.63) is 35.2 Å². The van der Waals surface area contributed by atoms with Gasteiger partial charge in [0.1, 0.15) is 0 Å². The Bertz CT molecular complexity index is 724. The predicted octanol–water partition coefficient (Wildman–Crippen LogP) is 1.88. The minimum absolute atomic E-state index is 0.0397. The zero-order valence-electron chi connectivity index (χ0n) is 12.7. The second kappa shape index (κ2) is 5.94. The SMILES string of the molecule is O=C1NCCO[C@@H]2CN(C(=O)c3cc4ccccc4s3)CC[C@H]12. The van der Waals surface area contributed by atoms with Gasteiger partial charge in [-0.1, -0.05) is 18.2 Å². The monoisotopic (exact) mass is 330 g/mol. The molecule has 23 heavy (non-hydrogen) atoms. The second-order valence-electron chi connectivity index (χ2n) is 6.00. The number of nitrogens with one attached hydrogen (secondary N) is 1. The lowest BCUT2D eigenvalue weighted by molar-refractivity contribution is -0.129. The Labute approximate surface area is 138 Å². The van der Waals surface area contributed by atoms with Crippen LogP contribution in [-0.2, 0) is 9.53 Å². The van der Waals surface area contributed by atoms with Gasteiger partial charge in [0.25, 0.3) is 5.91 Å². The maximum Gasteiger partial charge on any atom is 0.264 e. The number of thiophene rings is 1. The molecule has 120 valence electrons. The van der Waals surface area contributed by atoms with Crippen LogP contribution in [-0.4, -0.2) is 49.1 Å². The number of piperidine rings is 1. The van der Waals surface area contributed by atoms with Gasteiger partial charge in [0.2, 0.25) is 5.91 Å². The highest BCUT2D eigenvalue weighted by molar-refractivity contribution is 7.20. The van der Waals surface area contributed by atoms with Crippen molar-refractivity contribution in [2.24, 2.45) is 5.92 Å². The highest BCUT2D eigenvalue weighted by Gasteiger charge is 2.38. The summed E-state index contributed by atoms with van der Waals surface area (Å²) in [5.74, 6) is -0.0386. The summed E-state index contributed by atoms with van der Waals surface area (Å²) < 4.78 is 6.90. The van der Waals surface area contributed by atoms with Crippen molar-refractivity contribution >= 4 is 33.2 Å². The topological polar surface area (TPSA) is 58.6 Å². The fourth-order valence-electron chi connectivity index (χ4n) is 3.33. The van der Waals surface area contributed by atoms with Crippen molar-refractivity contribution in [2.75, 3.05) is 26.2 Å². The van der Waals surface area contributed by atoms with Crippen LogP contribution >= 0.6 is 11.3 Å². The van der Waals surface area contributed by atoms with Crippen LogP contribution in [0.3, 0.4) is 0 Å². The molecule has 2 saturated heterocycles. The van der Waals surface area contributed by atoms with Crippen LogP contribution < -0.4 is 5.32 Å². The molecule has 0 saturated carbocycles. The Morgan fingerprint density at radius 1 is 1.35 bits per heavy atom. The third kappa shape index (κ3) is 2.72. The van der Waals surface area contributed by atoms with E-state index < -0.39 is 0 Å². The summed E-state index contributed by atoms with van der Waals surface area (Å²) >= 11 is 1.52. The largest absolute Gasteiger partial charge is 0.374 e. The number of likely N-dealkylation sites (tertiary alicyclic amines) is 1. The third-order valence-electron chi connectivity index (χ3n) is 4.55. The molecule has 3 heterocycles. The molecule has 2 aliphatic heterocycles. The van der Waals surface area contributed by atoms with E-state index in [4.69, 9.17) is 4.74 Å². The molecule has 1 N–H and O–H groups in total. The summed E-state index contributed by atoms with van der Waals surface area (Å²) in [7, 11) is 0. The molecule has 2 aromatic rings. The van der Waals surface area contributed by atoms with E-state index in [-0.39, 0.29) is 23.8 Å². The summed E-state index contributed by atoms with van der Waals surface area (Å²) in [6, 6.07) is 9.97. The van der Waals surface area contributed by atoms with Crippen LogP contribution in [0.25, 0.3) is 10.1 Å². The van der Waals surface area contributed by atoms with Gasteiger partial charge in [-0.15, -0.1) is 11.3 Å². The van der Waals surface area contributed by atoms with Crippen LogP contribution in [0, 0.1) is 5.92 Å². The number of rotatable bonds is 1. The molecule has 6 heteroatoms. The lowest BCUT2D eigenvalue weighted by Crippen LogP contribution is -2.50. The van der Waals surface area contributed by atoms with Gasteiger partial charge >= 0.3 is 0 Å². The van der Waals surface area contributed by atoms with Gasteiger partial charge in [-0.2, -0.15) is 0 Å². The van der Waals surface area contributed by atoms with Crippen LogP contribution in [0.1, 0.15) is 16.1 Å². The van der Waals surface area contributed by atoms with E-state index >= 15 is 0 Å². The van der Waals surface area contributed by atoms with Gasteiger partial charge in [0, 0.05) is 24.3 Å². The van der Waals surface area contributed by atoms with Crippen molar-refractivity contribution in [2.45, 2.75) is 12.5 Å². The smallest absolute Gasteiger partial charge is 0.264 e. The fourth-order valence-corrected chi connectivity index (χ4v) is 4.36. The Morgan fingerprint density at radius 3 is 3.09 bits per heavy atom. The summed E-state index contributed by atoms with van der Waals surface area (Å²) in [5, 5.41) is 3.97. The highest BCUT2D eigenvalue weighted by Crippen LogP contribution is 2.29. The molecule has 1 aromatic carbocycles. The molecule has 0 unspecified atom stereocenters. The van der Waals surface area contributed by atoms with Crippen LogP contribution in [0.15, 0.2) is 30.3 Å². The molecule has 2 aliphatic rings. The van der Waals surface area contributed by atoms with Crippen LogP contribution in [0.2, 0.25) is 0 Å². The molecule has 5 nitrogen and oxygen atoms in total. The van der Waals surface area contributed by atoms with Gasteiger partial charge in [0.05, 0.1) is 23.5 Å². The lowest BCUT2D eigenvalue weighted by Gasteiger charge is -2.36. The second-order valence-corrected chi connectivity index (χ2v) is 7.08. The first-order valence-electron chi connectivity index (χ1n) is 7.89. The molecule has 0 aliphatic carbocycles. The minimum atomic E-state index is -0.190. The van der Waals surface area contributed by atoms with Gasteiger partial charge in [0.15, 0.2) is 0 Å². The first-order valence-corrected chi connectivity index (χ1v) is 8.71. The fraction of sp³-hybridized carbons (Fsp3) is 0.412. The average molecular weight is 330 g/mol. The standard InChI is InChI=1S/C17H18N2O3S/c20-16-12-5-7-19(10-13(12)22-8-6-18-16)17(21)15-9-11-3-1-2-4-14(11)23-15/h1-4,9,12-13H,5-8,10H2,(H,18,20)/t12-,13+/m0/s1. The van der Waals surface area contributed by atoms with Crippen LogP contribution in [0.5, 0.6) is 0 Å². The van der Waals surface area contributed by atoms with E-state index in [9.17, 15) is 9.59 Å². The Hall–Kier alpha value is -1.92. The maximum absolute atomic E-state index is 12.8. The molecule has 2 atom stereocenters. The quantitative estimate of drug-likeness (QED) is 0.868. The minimum Gasteiger partial charge on any atom is -0.374 e. The van der Waals surface area contributed by atoms with Crippen molar-refractivity contribution in [1.29, 1.82) is 0 Å². The molecular weight excluding hydrogens is 312 g/mol. The molecule has 0 radical (unpaired) electrons. The number of ether oxygens (including phenoxy) is 1. The molecule has 2 fully saturated rings. The van der Waals surface area contributed by atoms with Crippen molar-refractivity contribution < 1.29 is 14.3 Å². The van der Waals surface area contributed by atoms with E-state index in [0.717, 1.165) is 15.0 Å². The van der Waals surface area contributed by atoms with E-state index in [0.29, 0.717) is 32.7 Å². The number of nitrogens with zero attached hydrogens (tertiary/aromatic N) is 1. The summed E-state index contributed by atoms with van der Waals surface area (Å²) in [6.45, 7) is 2.16. The zero-order valence-corrected chi connectivity index (χ0v) is 13.5. The molecular formula is C17H18N2O3S. The van der Waals surface area contributed by atoms with Gasteiger partial charge in [-0.05, 0) is 23.9 Å². The van der Waals surface area contributed by atoms with Crippen molar-refractivity contribution in [3.8, 4) is 0 Å². The van der Waals surface area contributed by atoms with Crippen LogP contribution in [0.4, 0.5) is 0 Å². The number of amides is 2. The highest BCUT2D eigenvalue weighted by atomic mass is 32.1. The van der Waals surface area contributed by atoms with Crippen molar-refractivity contribution in [1.82, 2.24) is 10.2 Å². The molecule has 1 aromatic heterocycles. The maximum atomic E-state index is 12.8. The molecule has 0 bridgehead atoms. The Balaban J connectivity index is 1.54. The van der Waals surface area contributed by atoms with E-state index in [1.807, 2.05) is 35.2 Å². The van der Waals surface area contributed by atoms with E-state index in [1.54, 1.807) is 0 Å². The van der Waals surface area contributed by atoms with Gasteiger partial charge in [-0.3, -0.25) is 9.59 Å². The number of carbonyl (C=O) groups excluding carboxylic acids is 2. The molecule has 4 rings (SSSR count). The third-order valence-corrected chi connectivity index (χ3v) is 5.66. The van der Waals surface area contributed by atoms with E-state index in [2.05, 4.69) is 5.32 Å². The Kier molecular flexibility index (Phi) is 3.79. The number of benzene rings is 1. The lowest BCUT2D eigenvalue weighted by atomic mass is 9.93.